The van der Waals surface area contributed by atoms with Gasteiger partial charge in [-0.05, 0) is 6.92 Å². The lowest BCUT2D eigenvalue weighted by molar-refractivity contribution is 0.0412. The molecule has 1 aromatic rings. The predicted molar refractivity (Wildman–Crippen MR) is 65.3 cm³/mol. The first kappa shape index (κ1) is 14.9. The highest BCUT2D eigenvalue weighted by Gasteiger charge is 2.28. The molecule has 7 nitrogen and oxygen atoms in total. The van der Waals surface area contributed by atoms with Crippen molar-refractivity contribution in [3.63, 3.8) is 0 Å². The third-order valence-corrected chi connectivity index (χ3v) is 3.03. The summed E-state index contributed by atoms with van der Waals surface area (Å²) in [5.41, 5.74) is 0.525. The van der Waals surface area contributed by atoms with Crippen molar-refractivity contribution in [1.82, 2.24) is 15.1 Å². The van der Waals surface area contributed by atoms with E-state index < -0.39 is 5.54 Å². The maximum Gasteiger partial charge on any atom is 0.216 e. The zero-order valence-electron chi connectivity index (χ0n) is 11.0. The Morgan fingerprint density at radius 3 is 2.28 bits per heavy atom. The highest BCUT2D eigenvalue weighted by molar-refractivity contribution is 5.30. The van der Waals surface area contributed by atoms with Crippen molar-refractivity contribution in [2.75, 3.05) is 26.9 Å². The molecular weight excluding hydrogens is 238 g/mol. The minimum Gasteiger partial charge on any atom is -0.481 e. The number of aliphatic hydroxyl groups is 3. The summed E-state index contributed by atoms with van der Waals surface area (Å²) in [5.74, 6) is 0.614. The van der Waals surface area contributed by atoms with E-state index >= 15 is 0 Å². The van der Waals surface area contributed by atoms with Crippen LogP contribution in [-0.4, -0.2) is 57.6 Å². The van der Waals surface area contributed by atoms with Crippen LogP contribution in [0.25, 0.3) is 0 Å². The largest absolute Gasteiger partial charge is 0.481 e. The molecule has 0 saturated heterocycles. The number of nitrogens with one attached hydrogen (secondary N) is 1. The van der Waals surface area contributed by atoms with Crippen molar-refractivity contribution in [1.29, 1.82) is 0 Å². The van der Waals surface area contributed by atoms with Crippen LogP contribution in [0.15, 0.2) is 0 Å². The lowest BCUT2D eigenvalue weighted by Crippen LogP contribution is -2.54. The van der Waals surface area contributed by atoms with Crippen molar-refractivity contribution in [2.45, 2.75) is 19.0 Å². The molecule has 0 aromatic carbocycles. The van der Waals surface area contributed by atoms with E-state index in [0.717, 1.165) is 11.3 Å². The Morgan fingerprint density at radius 2 is 1.83 bits per heavy atom. The summed E-state index contributed by atoms with van der Waals surface area (Å²) in [7, 11) is 3.32. The van der Waals surface area contributed by atoms with Crippen LogP contribution in [0.2, 0.25) is 0 Å². The Bertz CT molecular complexity index is 380. The van der Waals surface area contributed by atoms with Crippen LogP contribution < -0.4 is 10.1 Å². The molecule has 104 valence electrons. The van der Waals surface area contributed by atoms with Crippen LogP contribution in [0.5, 0.6) is 5.88 Å². The minimum atomic E-state index is -1.10. The number of methoxy groups -OCH3 is 1. The second kappa shape index (κ2) is 6.14. The zero-order valence-corrected chi connectivity index (χ0v) is 11.0. The smallest absolute Gasteiger partial charge is 0.216 e. The third-order valence-electron chi connectivity index (χ3n) is 3.03. The molecule has 0 aliphatic heterocycles. The number of rotatable bonds is 7. The normalized spacial score (nSPS) is 11.9. The minimum absolute atomic E-state index is 0.338. The summed E-state index contributed by atoms with van der Waals surface area (Å²) in [6.07, 6.45) is 0. The summed E-state index contributed by atoms with van der Waals surface area (Å²) in [5, 5.41) is 34.8. The number of hydrogen-bond acceptors (Lipinski definition) is 6. The summed E-state index contributed by atoms with van der Waals surface area (Å²) < 4.78 is 6.85. The van der Waals surface area contributed by atoms with Crippen LogP contribution >= 0.6 is 0 Å². The second-order valence-corrected chi connectivity index (χ2v) is 4.31. The van der Waals surface area contributed by atoms with Crippen molar-refractivity contribution in [2.24, 2.45) is 7.05 Å². The number of hydrogen-bond donors (Lipinski definition) is 4. The molecule has 0 saturated carbocycles. The van der Waals surface area contributed by atoms with E-state index in [1.165, 1.54) is 0 Å². The highest BCUT2D eigenvalue weighted by atomic mass is 16.5. The maximum atomic E-state index is 9.22. The highest BCUT2D eigenvalue weighted by Crippen LogP contribution is 2.21. The van der Waals surface area contributed by atoms with Gasteiger partial charge in [-0.2, -0.15) is 5.10 Å². The van der Waals surface area contributed by atoms with E-state index in [9.17, 15) is 15.3 Å². The van der Waals surface area contributed by atoms with Crippen LogP contribution in [0.4, 0.5) is 0 Å². The summed E-state index contributed by atoms with van der Waals surface area (Å²) in [4.78, 5) is 0. The average molecular weight is 259 g/mol. The Labute approximate surface area is 106 Å². The van der Waals surface area contributed by atoms with Crippen LogP contribution in [0.1, 0.15) is 11.3 Å². The van der Waals surface area contributed by atoms with E-state index in [-0.39, 0.29) is 19.8 Å². The van der Waals surface area contributed by atoms with Crippen molar-refractivity contribution < 1.29 is 20.1 Å². The molecule has 0 radical (unpaired) electrons. The fourth-order valence-electron chi connectivity index (χ4n) is 1.73. The first-order valence-electron chi connectivity index (χ1n) is 5.67. The summed E-state index contributed by atoms with van der Waals surface area (Å²) in [6, 6.07) is 0. The molecular formula is C11H21N3O4. The molecule has 7 heteroatoms. The monoisotopic (exact) mass is 259 g/mol. The molecule has 0 fully saturated rings. The fraction of sp³-hybridized carbons (Fsp3) is 0.727. The van der Waals surface area contributed by atoms with Crippen LogP contribution in [-0.2, 0) is 13.6 Å². The maximum absolute atomic E-state index is 9.22. The van der Waals surface area contributed by atoms with Gasteiger partial charge in [-0.1, -0.05) is 0 Å². The topological polar surface area (TPSA) is 99.8 Å². The second-order valence-electron chi connectivity index (χ2n) is 4.31. The number of aromatic nitrogens is 2. The molecule has 0 atom stereocenters. The molecule has 4 N–H and O–H groups in total. The standard InChI is InChI=1S/C11H21N3O4/c1-8-9(10(18-3)14(2)13-8)4-12-11(5-15,6-16)7-17/h12,15-17H,4-7H2,1-3H3. The number of ether oxygens (including phenoxy) is 1. The van der Waals surface area contributed by atoms with Gasteiger partial charge in [0, 0.05) is 13.6 Å². The van der Waals surface area contributed by atoms with Gasteiger partial charge in [0.25, 0.3) is 0 Å². The first-order valence-corrected chi connectivity index (χ1v) is 5.67. The number of aliphatic hydroxyl groups excluding tert-OH is 3. The molecule has 0 amide bonds. The van der Waals surface area contributed by atoms with Gasteiger partial charge < -0.3 is 25.4 Å². The Hall–Kier alpha value is -1.15. The SMILES string of the molecule is COc1c(CNC(CO)(CO)CO)c(C)nn1C. The van der Waals surface area contributed by atoms with Gasteiger partial charge >= 0.3 is 0 Å². The van der Waals surface area contributed by atoms with Gasteiger partial charge in [0.15, 0.2) is 0 Å². The quantitative estimate of drug-likeness (QED) is 0.478. The van der Waals surface area contributed by atoms with E-state index in [4.69, 9.17) is 4.74 Å². The molecule has 0 spiro atoms. The molecule has 1 rings (SSSR count). The van der Waals surface area contributed by atoms with E-state index in [1.807, 2.05) is 6.92 Å². The number of nitrogens with zero attached hydrogens (tertiary/aromatic N) is 2. The lowest BCUT2D eigenvalue weighted by Gasteiger charge is -2.28. The lowest BCUT2D eigenvalue weighted by atomic mass is 10.0. The third kappa shape index (κ3) is 2.81. The Kier molecular flexibility index (Phi) is 5.09. The molecule has 18 heavy (non-hydrogen) atoms. The van der Waals surface area contributed by atoms with Gasteiger partial charge in [0.05, 0.1) is 43.7 Å². The Morgan fingerprint density at radius 1 is 1.28 bits per heavy atom. The number of aryl methyl sites for hydroxylation is 2. The van der Waals surface area contributed by atoms with Gasteiger partial charge in [0.2, 0.25) is 5.88 Å². The molecule has 0 aliphatic carbocycles. The van der Waals surface area contributed by atoms with Crippen LogP contribution in [0.3, 0.4) is 0 Å². The molecule has 0 unspecified atom stereocenters. The summed E-state index contributed by atoms with van der Waals surface area (Å²) >= 11 is 0. The van der Waals surface area contributed by atoms with Crippen molar-refractivity contribution in [3.05, 3.63) is 11.3 Å². The van der Waals surface area contributed by atoms with E-state index in [1.54, 1.807) is 18.8 Å². The molecule has 0 bridgehead atoms. The fourth-order valence-corrected chi connectivity index (χ4v) is 1.73. The van der Waals surface area contributed by atoms with E-state index in [0.29, 0.717) is 12.4 Å². The van der Waals surface area contributed by atoms with Crippen LogP contribution in [0, 0.1) is 6.92 Å². The van der Waals surface area contributed by atoms with Gasteiger partial charge in [-0.25, -0.2) is 4.68 Å². The van der Waals surface area contributed by atoms with Gasteiger partial charge in [-0.3, -0.25) is 0 Å². The van der Waals surface area contributed by atoms with Gasteiger partial charge in [-0.15, -0.1) is 0 Å². The molecule has 1 heterocycles. The summed E-state index contributed by atoms with van der Waals surface area (Å²) in [6.45, 7) is 1.10. The average Bonchev–Trinajstić information content (AvgIpc) is 2.66. The Balaban J connectivity index is 2.85. The van der Waals surface area contributed by atoms with E-state index in [2.05, 4.69) is 10.4 Å². The molecule has 1 aromatic heterocycles. The van der Waals surface area contributed by atoms with Gasteiger partial charge in [0.1, 0.15) is 0 Å². The molecule has 0 aliphatic rings. The zero-order chi connectivity index (χ0) is 13.8. The van der Waals surface area contributed by atoms with Crippen molar-refractivity contribution in [3.8, 4) is 5.88 Å². The first-order chi connectivity index (χ1) is 8.53. The predicted octanol–water partition coefficient (Wildman–Crippen LogP) is -1.46. The van der Waals surface area contributed by atoms with Crippen molar-refractivity contribution >= 4 is 0 Å².